The van der Waals surface area contributed by atoms with Crippen LogP contribution in [0.5, 0.6) is 0 Å². The molecular weight excluding hydrogens is 338 g/mol. The highest BCUT2D eigenvalue weighted by Crippen LogP contribution is 2.38. The lowest BCUT2D eigenvalue weighted by atomic mass is 10.0. The molecule has 4 heteroatoms. The molecule has 0 aliphatic carbocycles. The molecule has 4 aromatic rings. The van der Waals surface area contributed by atoms with Gasteiger partial charge in [0, 0.05) is 52.9 Å². The van der Waals surface area contributed by atoms with Crippen molar-refractivity contribution in [2.45, 2.75) is 19.9 Å². The van der Waals surface area contributed by atoms with Crippen molar-refractivity contribution in [1.29, 1.82) is 0 Å². The highest BCUT2D eigenvalue weighted by Gasteiger charge is 2.24. The van der Waals surface area contributed by atoms with Crippen molar-refractivity contribution in [3.63, 3.8) is 0 Å². The Labute approximate surface area is 157 Å². The Hall–Kier alpha value is -2.43. The summed E-state index contributed by atoms with van der Waals surface area (Å²) in [5.74, 6) is 0. The van der Waals surface area contributed by atoms with Gasteiger partial charge in [0.1, 0.15) is 0 Å². The number of likely N-dealkylation sites (N-methyl/N-ethyl adjacent to an activating group) is 1. The fourth-order valence-electron chi connectivity index (χ4n) is 4.09. The van der Waals surface area contributed by atoms with Crippen molar-refractivity contribution in [3.8, 4) is 16.8 Å². The van der Waals surface area contributed by atoms with Gasteiger partial charge in [-0.2, -0.15) is 0 Å². The number of aryl methyl sites for hydroxylation is 1. The van der Waals surface area contributed by atoms with Gasteiger partial charge in [-0.3, -0.25) is 4.98 Å². The van der Waals surface area contributed by atoms with Gasteiger partial charge in [0.15, 0.2) is 0 Å². The van der Waals surface area contributed by atoms with Crippen molar-refractivity contribution >= 4 is 22.2 Å². The van der Waals surface area contributed by atoms with E-state index in [2.05, 4.69) is 69.5 Å². The number of aromatic nitrogens is 2. The molecule has 1 aromatic carbocycles. The summed E-state index contributed by atoms with van der Waals surface area (Å²) < 4.78 is 2.49. The molecule has 0 fully saturated rings. The highest BCUT2D eigenvalue weighted by atomic mass is 32.1. The van der Waals surface area contributed by atoms with Crippen molar-refractivity contribution in [2.75, 3.05) is 13.6 Å². The first-order chi connectivity index (χ1) is 12.7. The molecule has 1 aliphatic rings. The van der Waals surface area contributed by atoms with Crippen LogP contribution in [0.3, 0.4) is 0 Å². The van der Waals surface area contributed by atoms with Crippen LogP contribution >= 0.6 is 11.3 Å². The van der Waals surface area contributed by atoms with Gasteiger partial charge in [0.2, 0.25) is 0 Å². The molecule has 4 heterocycles. The van der Waals surface area contributed by atoms with Crippen molar-refractivity contribution < 1.29 is 0 Å². The van der Waals surface area contributed by atoms with E-state index >= 15 is 0 Å². The molecule has 0 atom stereocenters. The Morgan fingerprint density at radius 3 is 2.77 bits per heavy atom. The summed E-state index contributed by atoms with van der Waals surface area (Å²) in [5.41, 5.74) is 9.41. The van der Waals surface area contributed by atoms with E-state index in [1.165, 1.54) is 44.5 Å². The van der Waals surface area contributed by atoms with Crippen LogP contribution < -0.4 is 0 Å². The Morgan fingerprint density at radius 1 is 1.08 bits per heavy atom. The van der Waals surface area contributed by atoms with Gasteiger partial charge in [-0.25, -0.2) is 0 Å². The summed E-state index contributed by atoms with van der Waals surface area (Å²) in [5, 5.41) is 5.95. The monoisotopic (exact) mass is 359 g/mol. The molecule has 0 amide bonds. The molecule has 0 unspecified atom stereocenters. The third-order valence-corrected chi connectivity index (χ3v) is 6.10. The predicted octanol–water partition coefficient (Wildman–Crippen LogP) is 5.05. The van der Waals surface area contributed by atoms with Crippen LogP contribution in [0, 0.1) is 6.92 Å². The molecule has 0 spiro atoms. The number of benzene rings is 1. The lowest BCUT2D eigenvalue weighted by molar-refractivity contribution is 0.307. The van der Waals surface area contributed by atoms with Crippen molar-refractivity contribution in [1.82, 2.24) is 14.5 Å². The van der Waals surface area contributed by atoms with E-state index in [1.807, 2.05) is 12.4 Å². The van der Waals surface area contributed by atoms with E-state index in [0.29, 0.717) is 0 Å². The Kier molecular flexibility index (Phi) is 3.69. The molecular formula is C22H21N3S. The number of hydrogen-bond donors (Lipinski definition) is 0. The number of hydrogen-bond acceptors (Lipinski definition) is 3. The molecule has 26 heavy (non-hydrogen) atoms. The molecule has 5 rings (SSSR count). The number of thiophene rings is 1. The van der Waals surface area contributed by atoms with E-state index in [-0.39, 0.29) is 0 Å². The van der Waals surface area contributed by atoms with Crippen LogP contribution in [0.2, 0.25) is 0 Å². The second-order valence-corrected chi connectivity index (χ2v) is 7.92. The minimum Gasteiger partial charge on any atom is -0.311 e. The fraction of sp³-hybridized carbons (Fsp3) is 0.227. The van der Waals surface area contributed by atoms with Crippen molar-refractivity contribution in [3.05, 3.63) is 70.3 Å². The summed E-state index contributed by atoms with van der Waals surface area (Å²) in [6.07, 6.45) is 4.86. The minimum absolute atomic E-state index is 0.995. The zero-order valence-electron chi connectivity index (χ0n) is 15.1. The highest BCUT2D eigenvalue weighted by molar-refractivity contribution is 7.08. The zero-order chi connectivity index (χ0) is 17.7. The van der Waals surface area contributed by atoms with Gasteiger partial charge in [0.25, 0.3) is 0 Å². The molecule has 130 valence electrons. The molecule has 0 saturated heterocycles. The molecule has 0 N–H and O–H groups in total. The summed E-state index contributed by atoms with van der Waals surface area (Å²) in [6.45, 7) is 4.31. The van der Waals surface area contributed by atoms with Crippen LogP contribution in [-0.4, -0.2) is 28.0 Å². The van der Waals surface area contributed by atoms with E-state index in [9.17, 15) is 0 Å². The number of rotatable bonds is 2. The maximum atomic E-state index is 4.18. The minimum atomic E-state index is 0.995. The van der Waals surface area contributed by atoms with Crippen molar-refractivity contribution in [2.24, 2.45) is 0 Å². The quantitative estimate of drug-likeness (QED) is 0.499. The van der Waals surface area contributed by atoms with Crippen LogP contribution in [0.1, 0.15) is 16.8 Å². The third-order valence-electron chi connectivity index (χ3n) is 5.37. The van der Waals surface area contributed by atoms with E-state index < -0.39 is 0 Å². The molecule has 1 aliphatic heterocycles. The molecule has 0 radical (unpaired) electrons. The fourth-order valence-corrected chi connectivity index (χ4v) is 4.91. The Bertz CT molecular complexity index is 1090. The standard InChI is InChI=1S/C22H21N3S/c1-15-3-4-20-18(11-15)17-7-10-24(2)12-21(17)25(20)22-14-26-13-19(22)16-5-8-23-9-6-16/h3-6,8-9,11,13-14H,7,10,12H2,1-2H3. The van der Waals surface area contributed by atoms with Gasteiger partial charge in [-0.05, 0) is 55.8 Å². The molecule has 0 saturated carbocycles. The average Bonchev–Trinajstić information content (AvgIpc) is 3.24. The Morgan fingerprint density at radius 2 is 1.92 bits per heavy atom. The maximum absolute atomic E-state index is 4.18. The van der Waals surface area contributed by atoms with Gasteiger partial charge >= 0.3 is 0 Å². The van der Waals surface area contributed by atoms with Crippen LogP contribution in [0.25, 0.3) is 27.7 Å². The van der Waals surface area contributed by atoms with Crippen LogP contribution in [0.15, 0.2) is 53.5 Å². The van der Waals surface area contributed by atoms with Gasteiger partial charge in [0.05, 0.1) is 11.2 Å². The number of nitrogens with zero attached hydrogens (tertiary/aromatic N) is 3. The summed E-state index contributed by atoms with van der Waals surface area (Å²) in [7, 11) is 2.22. The molecule has 3 nitrogen and oxygen atoms in total. The lowest BCUT2D eigenvalue weighted by Gasteiger charge is -2.24. The average molecular weight is 359 g/mol. The smallest absolute Gasteiger partial charge is 0.0644 e. The number of pyridine rings is 1. The molecule has 0 bridgehead atoms. The topological polar surface area (TPSA) is 21.1 Å². The normalized spacial score (nSPS) is 14.7. The largest absolute Gasteiger partial charge is 0.311 e. The number of fused-ring (bicyclic) bond motifs is 3. The van der Waals surface area contributed by atoms with Gasteiger partial charge in [-0.1, -0.05) is 11.6 Å². The van der Waals surface area contributed by atoms with Gasteiger partial charge in [-0.15, -0.1) is 11.3 Å². The summed E-state index contributed by atoms with van der Waals surface area (Å²) in [4.78, 5) is 6.60. The summed E-state index contributed by atoms with van der Waals surface area (Å²) >= 11 is 1.77. The Balaban J connectivity index is 1.81. The zero-order valence-corrected chi connectivity index (χ0v) is 15.9. The molecule has 3 aromatic heterocycles. The third kappa shape index (κ3) is 2.41. The van der Waals surface area contributed by atoms with E-state index in [4.69, 9.17) is 0 Å². The predicted molar refractivity (Wildman–Crippen MR) is 109 cm³/mol. The SMILES string of the molecule is Cc1ccc2c(c1)c1c(n2-c2cscc2-c2ccncc2)CN(C)CC1. The first kappa shape index (κ1) is 15.8. The van der Waals surface area contributed by atoms with Crippen LogP contribution in [-0.2, 0) is 13.0 Å². The van der Waals surface area contributed by atoms with Gasteiger partial charge < -0.3 is 9.47 Å². The van der Waals surface area contributed by atoms with E-state index in [1.54, 1.807) is 11.3 Å². The van der Waals surface area contributed by atoms with E-state index in [0.717, 1.165) is 19.5 Å². The first-order valence-corrected chi connectivity index (χ1v) is 9.95. The summed E-state index contributed by atoms with van der Waals surface area (Å²) in [6, 6.07) is 11.1. The second kappa shape index (κ2) is 6.08. The lowest BCUT2D eigenvalue weighted by Crippen LogP contribution is -2.27. The first-order valence-electron chi connectivity index (χ1n) is 9.00. The van der Waals surface area contributed by atoms with Crippen LogP contribution in [0.4, 0.5) is 0 Å². The second-order valence-electron chi connectivity index (χ2n) is 7.18. The maximum Gasteiger partial charge on any atom is 0.0644 e.